The number of carbonyl (C=O) groups is 3. The molecule has 0 bridgehead atoms. The van der Waals surface area contributed by atoms with Crippen LogP contribution in [0, 0.1) is 0 Å². The lowest BCUT2D eigenvalue weighted by atomic mass is 10.2. The molecule has 2 aromatic rings. The number of nitrogens with one attached hydrogen (secondary N) is 1. The normalized spacial score (nSPS) is 13.7. The van der Waals surface area contributed by atoms with E-state index in [2.05, 4.69) is 15.2 Å². The van der Waals surface area contributed by atoms with E-state index in [0.717, 1.165) is 18.8 Å². The molecule has 1 aromatic carbocycles. The highest BCUT2D eigenvalue weighted by molar-refractivity contribution is 6.03. The van der Waals surface area contributed by atoms with Gasteiger partial charge in [-0.2, -0.15) is 0 Å². The van der Waals surface area contributed by atoms with Crippen molar-refractivity contribution in [3.05, 3.63) is 53.9 Å². The smallest absolute Gasteiger partial charge is 0.338 e. The second-order valence-corrected chi connectivity index (χ2v) is 6.65. The van der Waals surface area contributed by atoms with Crippen LogP contribution < -0.4 is 10.2 Å². The molecule has 1 aliphatic rings. The number of piperazine rings is 1. The summed E-state index contributed by atoms with van der Waals surface area (Å²) < 4.78 is 4.94. The minimum atomic E-state index is -0.397. The first kappa shape index (κ1) is 20.3. The maximum Gasteiger partial charge on any atom is 0.338 e. The van der Waals surface area contributed by atoms with Crippen molar-refractivity contribution >= 4 is 29.2 Å². The van der Waals surface area contributed by atoms with Crippen LogP contribution in [0.15, 0.2) is 42.6 Å². The largest absolute Gasteiger partial charge is 0.462 e. The number of nitrogens with zero attached hydrogens (tertiary/aromatic N) is 3. The van der Waals surface area contributed by atoms with E-state index in [9.17, 15) is 14.4 Å². The van der Waals surface area contributed by atoms with Crippen LogP contribution in [0.1, 0.15) is 34.7 Å². The summed E-state index contributed by atoms with van der Waals surface area (Å²) in [4.78, 5) is 43.7. The second-order valence-electron chi connectivity index (χ2n) is 6.65. The van der Waals surface area contributed by atoms with E-state index >= 15 is 0 Å². The standard InChI is InChI=1S/C21H24N4O4/c1-3-29-21(28)16-4-6-17(7-5-16)23-20(27)19-9-8-18(14-22-19)25-12-10-24(11-13-25)15(2)26/h4-9,14H,3,10-13H2,1-2H3,(H,23,27). The van der Waals surface area contributed by atoms with E-state index in [1.807, 2.05) is 11.0 Å². The fourth-order valence-corrected chi connectivity index (χ4v) is 3.09. The van der Waals surface area contributed by atoms with Crippen LogP contribution in [0.5, 0.6) is 0 Å². The number of esters is 1. The van der Waals surface area contributed by atoms with Crippen LogP contribution >= 0.6 is 0 Å². The number of benzene rings is 1. The predicted octanol–water partition coefficient (Wildman–Crippen LogP) is 2.18. The van der Waals surface area contributed by atoms with Crippen molar-refractivity contribution < 1.29 is 19.1 Å². The van der Waals surface area contributed by atoms with Crippen molar-refractivity contribution in [1.29, 1.82) is 0 Å². The van der Waals surface area contributed by atoms with E-state index in [4.69, 9.17) is 4.74 Å². The van der Waals surface area contributed by atoms with Gasteiger partial charge in [0.1, 0.15) is 5.69 Å². The minimum Gasteiger partial charge on any atom is -0.462 e. The lowest BCUT2D eigenvalue weighted by molar-refractivity contribution is -0.129. The summed E-state index contributed by atoms with van der Waals surface area (Å²) in [6, 6.07) is 10.0. The Bertz CT molecular complexity index is 873. The fraction of sp³-hybridized carbons (Fsp3) is 0.333. The Kier molecular flexibility index (Phi) is 6.43. The van der Waals surface area contributed by atoms with Gasteiger partial charge in [-0.3, -0.25) is 9.59 Å². The first-order valence-corrected chi connectivity index (χ1v) is 9.53. The van der Waals surface area contributed by atoms with Gasteiger partial charge in [-0.15, -0.1) is 0 Å². The van der Waals surface area contributed by atoms with Crippen LogP contribution in [-0.2, 0) is 9.53 Å². The fourth-order valence-electron chi connectivity index (χ4n) is 3.09. The van der Waals surface area contributed by atoms with Gasteiger partial charge in [-0.05, 0) is 43.3 Å². The lowest BCUT2D eigenvalue weighted by Gasteiger charge is -2.35. The molecule has 1 fully saturated rings. The first-order chi connectivity index (χ1) is 14.0. The van der Waals surface area contributed by atoms with Crippen molar-refractivity contribution in [3.63, 3.8) is 0 Å². The highest BCUT2D eigenvalue weighted by Crippen LogP contribution is 2.17. The van der Waals surface area contributed by atoms with Crippen molar-refractivity contribution in [3.8, 4) is 0 Å². The van der Waals surface area contributed by atoms with Gasteiger partial charge in [0.05, 0.1) is 24.1 Å². The van der Waals surface area contributed by atoms with Crippen molar-refractivity contribution in [2.75, 3.05) is 43.0 Å². The van der Waals surface area contributed by atoms with Gasteiger partial charge in [-0.25, -0.2) is 9.78 Å². The zero-order chi connectivity index (χ0) is 20.8. The van der Waals surface area contributed by atoms with Crippen LogP contribution in [0.25, 0.3) is 0 Å². The Balaban J connectivity index is 1.58. The third-order valence-corrected chi connectivity index (χ3v) is 4.72. The number of ether oxygens (including phenoxy) is 1. The van der Waals surface area contributed by atoms with E-state index in [0.29, 0.717) is 36.6 Å². The van der Waals surface area contributed by atoms with E-state index in [-0.39, 0.29) is 11.8 Å². The van der Waals surface area contributed by atoms with Gasteiger partial charge < -0.3 is 19.9 Å². The topological polar surface area (TPSA) is 91.8 Å². The summed E-state index contributed by atoms with van der Waals surface area (Å²) in [5, 5.41) is 2.76. The molecule has 3 rings (SSSR count). The Morgan fingerprint density at radius 2 is 1.72 bits per heavy atom. The average molecular weight is 396 g/mol. The number of anilines is 2. The molecule has 29 heavy (non-hydrogen) atoms. The quantitative estimate of drug-likeness (QED) is 0.779. The molecule has 2 heterocycles. The third-order valence-electron chi connectivity index (χ3n) is 4.72. The molecule has 2 amide bonds. The number of carbonyl (C=O) groups excluding carboxylic acids is 3. The van der Waals surface area contributed by atoms with E-state index in [1.54, 1.807) is 50.4 Å². The summed E-state index contributed by atoms with van der Waals surface area (Å²) in [6.45, 7) is 6.47. The third kappa shape index (κ3) is 5.10. The predicted molar refractivity (Wildman–Crippen MR) is 109 cm³/mol. The molecule has 1 saturated heterocycles. The molecule has 0 atom stereocenters. The first-order valence-electron chi connectivity index (χ1n) is 9.53. The zero-order valence-electron chi connectivity index (χ0n) is 16.6. The Morgan fingerprint density at radius 3 is 2.28 bits per heavy atom. The van der Waals surface area contributed by atoms with Gasteiger partial charge in [0.2, 0.25) is 5.91 Å². The van der Waals surface area contributed by atoms with Crippen LogP contribution in [-0.4, -0.2) is 60.5 Å². The van der Waals surface area contributed by atoms with Crippen LogP contribution in [0.3, 0.4) is 0 Å². The van der Waals surface area contributed by atoms with Gasteiger partial charge in [0.15, 0.2) is 0 Å². The number of hydrogen-bond donors (Lipinski definition) is 1. The summed E-state index contributed by atoms with van der Waals surface area (Å²) in [5.41, 5.74) is 2.21. The molecule has 1 aliphatic heterocycles. The molecule has 0 aliphatic carbocycles. The van der Waals surface area contributed by atoms with Gasteiger partial charge in [-0.1, -0.05) is 0 Å². The molecule has 8 heteroatoms. The summed E-state index contributed by atoms with van der Waals surface area (Å²) in [7, 11) is 0. The molecule has 152 valence electrons. The summed E-state index contributed by atoms with van der Waals surface area (Å²) >= 11 is 0. The number of hydrogen-bond acceptors (Lipinski definition) is 6. The number of rotatable bonds is 5. The van der Waals surface area contributed by atoms with Crippen LogP contribution in [0.4, 0.5) is 11.4 Å². The van der Waals surface area contributed by atoms with Gasteiger partial charge >= 0.3 is 5.97 Å². The monoisotopic (exact) mass is 396 g/mol. The zero-order valence-corrected chi connectivity index (χ0v) is 16.6. The molecule has 0 saturated carbocycles. The molecule has 1 N–H and O–H groups in total. The Labute approximate surface area is 169 Å². The molecular formula is C21H24N4O4. The summed E-state index contributed by atoms with van der Waals surface area (Å²) in [6.07, 6.45) is 1.67. The minimum absolute atomic E-state index is 0.0880. The SMILES string of the molecule is CCOC(=O)c1ccc(NC(=O)c2ccc(N3CCN(C(C)=O)CC3)cn2)cc1. The van der Waals surface area contributed by atoms with Gasteiger partial charge in [0.25, 0.3) is 5.91 Å². The second kappa shape index (κ2) is 9.18. The molecule has 0 unspecified atom stereocenters. The molecule has 0 radical (unpaired) electrons. The molecule has 0 spiro atoms. The number of amides is 2. The van der Waals surface area contributed by atoms with Crippen molar-refractivity contribution in [1.82, 2.24) is 9.88 Å². The lowest BCUT2D eigenvalue weighted by Crippen LogP contribution is -2.48. The number of aromatic nitrogens is 1. The Hall–Kier alpha value is -3.42. The molecule has 8 nitrogen and oxygen atoms in total. The summed E-state index contributed by atoms with van der Waals surface area (Å²) in [5.74, 6) is -0.640. The number of pyridine rings is 1. The van der Waals surface area contributed by atoms with Crippen LogP contribution in [0.2, 0.25) is 0 Å². The van der Waals surface area contributed by atoms with Crippen molar-refractivity contribution in [2.45, 2.75) is 13.8 Å². The Morgan fingerprint density at radius 1 is 1.03 bits per heavy atom. The molecular weight excluding hydrogens is 372 g/mol. The highest BCUT2D eigenvalue weighted by atomic mass is 16.5. The van der Waals surface area contributed by atoms with Gasteiger partial charge in [0, 0.05) is 38.8 Å². The van der Waals surface area contributed by atoms with Crippen molar-refractivity contribution in [2.24, 2.45) is 0 Å². The highest BCUT2D eigenvalue weighted by Gasteiger charge is 2.19. The maximum atomic E-state index is 12.4. The average Bonchev–Trinajstić information content (AvgIpc) is 2.74. The van der Waals surface area contributed by atoms with E-state index in [1.165, 1.54) is 0 Å². The maximum absolute atomic E-state index is 12.4. The van der Waals surface area contributed by atoms with E-state index < -0.39 is 5.97 Å². The molecule has 1 aromatic heterocycles.